The van der Waals surface area contributed by atoms with E-state index in [-0.39, 0.29) is 29.9 Å². The molecule has 1 heterocycles. The Morgan fingerprint density at radius 2 is 2.08 bits per heavy atom. The summed E-state index contributed by atoms with van der Waals surface area (Å²) in [6.45, 7) is 11.3. The van der Waals surface area contributed by atoms with Crippen molar-refractivity contribution >= 4 is 35.8 Å². The second-order valence-corrected chi connectivity index (χ2v) is 6.19. The van der Waals surface area contributed by atoms with Crippen LogP contribution in [0.1, 0.15) is 26.5 Å². The molecule has 0 aliphatic rings. The molecule has 0 atom stereocenters. The van der Waals surface area contributed by atoms with Crippen LogP contribution < -0.4 is 16.0 Å². The molecule has 0 bridgehead atoms. The van der Waals surface area contributed by atoms with Crippen molar-refractivity contribution in [3.05, 3.63) is 36.3 Å². The zero-order chi connectivity index (χ0) is 17.3. The summed E-state index contributed by atoms with van der Waals surface area (Å²) in [4.78, 5) is 16.4. The van der Waals surface area contributed by atoms with Gasteiger partial charge in [-0.05, 0) is 32.9 Å². The van der Waals surface area contributed by atoms with Gasteiger partial charge in [0.15, 0.2) is 5.96 Å². The Morgan fingerprint density at radius 3 is 2.62 bits per heavy atom. The third kappa shape index (κ3) is 8.37. The predicted molar refractivity (Wildman–Crippen MR) is 109 cm³/mol. The SMILES string of the molecule is C=C(C)CNC(=NCC(C)(C)C(=O)NC)NCCc1ccco1.I. The first-order valence-electron chi connectivity index (χ1n) is 7.76. The summed E-state index contributed by atoms with van der Waals surface area (Å²) in [5.74, 6) is 1.55. The monoisotopic (exact) mass is 448 g/mol. The van der Waals surface area contributed by atoms with Crippen LogP contribution in [0.15, 0.2) is 40.0 Å². The lowest BCUT2D eigenvalue weighted by Gasteiger charge is -2.21. The first kappa shape index (κ1) is 22.5. The van der Waals surface area contributed by atoms with Gasteiger partial charge in [-0.3, -0.25) is 9.79 Å². The van der Waals surface area contributed by atoms with E-state index in [0.717, 1.165) is 17.8 Å². The summed E-state index contributed by atoms with van der Waals surface area (Å²) < 4.78 is 5.31. The number of carbonyl (C=O) groups is 1. The fourth-order valence-corrected chi connectivity index (χ4v) is 1.85. The van der Waals surface area contributed by atoms with E-state index in [9.17, 15) is 4.79 Å². The topological polar surface area (TPSA) is 78.7 Å². The van der Waals surface area contributed by atoms with Crippen LogP contribution in [0.25, 0.3) is 0 Å². The van der Waals surface area contributed by atoms with Crippen LogP contribution in [0.4, 0.5) is 0 Å². The van der Waals surface area contributed by atoms with Crippen LogP contribution in [-0.2, 0) is 11.2 Å². The molecule has 0 aromatic carbocycles. The van der Waals surface area contributed by atoms with Gasteiger partial charge in [-0.2, -0.15) is 0 Å². The number of carbonyl (C=O) groups excluding carboxylic acids is 1. The first-order valence-corrected chi connectivity index (χ1v) is 7.76. The highest BCUT2D eigenvalue weighted by Crippen LogP contribution is 2.15. The van der Waals surface area contributed by atoms with E-state index in [1.54, 1.807) is 13.3 Å². The Morgan fingerprint density at radius 1 is 1.38 bits per heavy atom. The van der Waals surface area contributed by atoms with Gasteiger partial charge in [0.2, 0.25) is 5.91 Å². The molecule has 0 saturated heterocycles. The van der Waals surface area contributed by atoms with Gasteiger partial charge in [0.1, 0.15) is 5.76 Å². The number of hydrogen-bond acceptors (Lipinski definition) is 3. The van der Waals surface area contributed by atoms with Gasteiger partial charge in [0.25, 0.3) is 0 Å². The van der Waals surface area contributed by atoms with Crippen LogP contribution in [0, 0.1) is 5.41 Å². The van der Waals surface area contributed by atoms with E-state index in [2.05, 4.69) is 27.5 Å². The Kier molecular flexibility index (Phi) is 10.4. The van der Waals surface area contributed by atoms with Crippen molar-refractivity contribution in [2.24, 2.45) is 10.4 Å². The Hall–Kier alpha value is -1.51. The summed E-state index contributed by atoms with van der Waals surface area (Å²) in [6.07, 6.45) is 2.43. The maximum atomic E-state index is 11.8. The van der Waals surface area contributed by atoms with Crippen LogP contribution >= 0.6 is 24.0 Å². The molecule has 24 heavy (non-hydrogen) atoms. The van der Waals surface area contributed by atoms with Crippen LogP contribution in [0.5, 0.6) is 0 Å². The lowest BCUT2D eigenvalue weighted by atomic mass is 9.93. The number of rotatable bonds is 8. The molecule has 6 nitrogen and oxygen atoms in total. The summed E-state index contributed by atoms with van der Waals surface area (Å²) >= 11 is 0. The molecule has 0 spiro atoms. The highest BCUT2D eigenvalue weighted by Gasteiger charge is 2.26. The number of nitrogens with one attached hydrogen (secondary N) is 3. The third-order valence-corrected chi connectivity index (χ3v) is 3.28. The van der Waals surface area contributed by atoms with Crippen molar-refractivity contribution in [3.8, 4) is 0 Å². The molecule has 0 radical (unpaired) electrons. The summed E-state index contributed by atoms with van der Waals surface area (Å²) in [6, 6.07) is 3.81. The van der Waals surface area contributed by atoms with Crippen LogP contribution in [0.2, 0.25) is 0 Å². The van der Waals surface area contributed by atoms with E-state index in [1.165, 1.54) is 0 Å². The Balaban J connectivity index is 0.00000529. The molecule has 0 aliphatic carbocycles. The number of halogens is 1. The number of furan rings is 1. The zero-order valence-corrected chi connectivity index (χ0v) is 17.3. The fraction of sp³-hybridized carbons (Fsp3) is 0.529. The number of guanidine groups is 1. The van der Waals surface area contributed by atoms with E-state index < -0.39 is 5.41 Å². The van der Waals surface area contributed by atoms with Gasteiger partial charge >= 0.3 is 0 Å². The van der Waals surface area contributed by atoms with Gasteiger partial charge in [-0.1, -0.05) is 12.2 Å². The molecule has 0 unspecified atom stereocenters. The summed E-state index contributed by atoms with van der Waals surface area (Å²) in [5, 5.41) is 9.12. The van der Waals surface area contributed by atoms with Gasteiger partial charge in [0, 0.05) is 26.6 Å². The second kappa shape index (κ2) is 11.1. The molecule has 3 N–H and O–H groups in total. The largest absolute Gasteiger partial charge is 0.469 e. The molecule has 1 rings (SSSR count). The first-order chi connectivity index (χ1) is 10.8. The Labute approximate surface area is 161 Å². The van der Waals surface area contributed by atoms with Crippen molar-refractivity contribution in [1.82, 2.24) is 16.0 Å². The minimum absolute atomic E-state index is 0. The van der Waals surface area contributed by atoms with E-state index in [4.69, 9.17) is 4.42 Å². The Bertz CT molecular complexity index is 539. The standard InChI is InChI=1S/C17H28N4O2.HI/c1-13(2)11-20-16(19-9-8-14-7-6-10-23-14)21-12-17(3,4)15(22)18-5;/h6-7,10H,1,8-9,11-12H2,2-5H3,(H,18,22)(H2,19,20,21);1H. The molecular formula is C17H29IN4O2. The number of aliphatic imine (C=N–C) groups is 1. The average molecular weight is 448 g/mol. The number of hydrogen-bond donors (Lipinski definition) is 3. The van der Waals surface area contributed by atoms with Gasteiger partial charge in [-0.15, -0.1) is 24.0 Å². The fourth-order valence-electron chi connectivity index (χ4n) is 1.85. The van der Waals surface area contributed by atoms with Crippen molar-refractivity contribution < 1.29 is 9.21 Å². The second-order valence-electron chi connectivity index (χ2n) is 6.19. The van der Waals surface area contributed by atoms with Crippen LogP contribution in [0.3, 0.4) is 0 Å². The molecule has 0 fully saturated rings. The molecule has 1 amide bonds. The van der Waals surface area contributed by atoms with E-state index in [0.29, 0.717) is 25.6 Å². The van der Waals surface area contributed by atoms with Crippen LogP contribution in [-0.4, -0.2) is 38.5 Å². The van der Waals surface area contributed by atoms with Crippen molar-refractivity contribution in [1.29, 1.82) is 0 Å². The molecule has 0 saturated carbocycles. The molecule has 136 valence electrons. The van der Waals surface area contributed by atoms with Gasteiger partial charge in [0.05, 0.1) is 18.2 Å². The number of amides is 1. The van der Waals surface area contributed by atoms with Gasteiger partial charge < -0.3 is 20.4 Å². The maximum Gasteiger partial charge on any atom is 0.227 e. The van der Waals surface area contributed by atoms with Crippen molar-refractivity contribution in [3.63, 3.8) is 0 Å². The molecular weight excluding hydrogens is 419 g/mol. The normalized spacial score (nSPS) is 11.4. The molecule has 1 aromatic rings. The number of nitrogens with zero attached hydrogens (tertiary/aromatic N) is 1. The highest BCUT2D eigenvalue weighted by atomic mass is 127. The molecule has 0 aliphatic heterocycles. The lowest BCUT2D eigenvalue weighted by Crippen LogP contribution is -2.42. The van der Waals surface area contributed by atoms with Gasteiger partial charge in [-0.25, -0.2) is 0 Å². The maximum absolute atomic E-state index is 11.8. The minimum Gasteiger partial charge on any atom is -0.469 e. The smallest absolute Gasteiger partial charge is 0.227 e. The predicted octanol–water partition coefficient (Wildman–Crippen LogP) is 2.32. The van der Waals surface area contributed by atoms with E-state index in [1.807, 2.05) is 32.9 Å². The zero-order valence-electron chi connectivity index (χ0n) is 14.9. The van der Waals surface area contributed by atoms with E-state index >= 15 is 0 Å². The third-order valence-electron chi connectivity index (χ3n) is 3.28. The highest BCUT2D eigenvalue weighted by molar-refractivity contribution is 14.0. The lowest BCUT2D eigenvalue weighted by molar-refractivity contribution is -0.128. The van der Waals surface area contributed by atoms with Crippen molar-refractivity contribution in [2.75, 3.05) is 26.7 Å². The summed E-state index contributed by atoms with van der Waals surface area (Å²) in [7, 11) is 1.63. The quantitative estimate of drug-likeness (QED) is 0.247. The molecule has 7 heteroatoms. The van der Waals surface area contributed by atoms with Crippen molar-refractivity contribution in [2.45, 2.75) is 27.2 Å². The summed E-state index contributed by atoms with van der Waals surface area (Å²) in [5.41, 5.74) is 0.448. The molecule has 1 aromatic heterocycles. The minimum atomic E-state index is -0.562. The average Bonchev–Trinajstić information content (AvgIpc) is 3.01.